The molecule has 13 heavy (non-hydrogen) atoms. The molecule has 0 bridgehead atoms. The van der Waals surface area contributed by atoms with Crippen LogP contribution in [0.4, 0.5) is 4.79 Å². The molecule has 0 saturated carbocycles. The Bertz CT molecular complexity index is 478. The number of halogens is 1. The van der Waals surface area contributed by atoms with Gasteiger partial charge in [-0.05, 0) is 18.2 Å². The van der Waals surface area contributed by atoms with Crippen molar-refractivity contribution < 1.29 is 9.90 Å². The molecule has 0 aliphatic heterocycles. The van der Waals surface area contributed by atoms with Crippen LogP contribution in [0.2, 0.25) is 0 Å². The molecular weight excluding hydrogens is 236 g/mol. The molecule has 0 radical (unpaired) electrons. The van der Waals surface area contributed by atoms with E-state index < -0.39 is 6.09 Å². The zero-order valence-corrected chi connectivity index (χ0v) is 8.02. The quantitative estimate of drug-likeness (QED) is 0.769. The van der Waals surface area contributed by atoms with Crippen molar-refractivity contribution in [2.45, 2.75) is 0 Å². The fourth-order valence-electron chi connectivity index (χ4n) is 1.13. The summed E-state index contributed by atoms with van der Waals surface area (Å²) >= 11 is 3.27. The van der Waals surface area contributed by atoms with E-state index in [1.807, 2.05) is 6.07 Å². The van der Waals surface area contributed by atoms with E-state index in [-0.39, 0.29) is 0 Å². The van der Waals surface area contributed by atoms with Crippen LogP contribution in [0.1, 0.15) is 0 Å². The molecule has 1 aromatic heterocycles. The number of hydrogen-bond donors (Lipinski definition) is 1. The lowest BCUT2D eigenvalue weighted by molar-refractivity contribution is 0.197. The summed E-state index contributed by atoms with van der Waals surface area (Å²) < 4.78 is 1.92. The van der Waals surface area contributed by atoms with Crippen molar-refractivity contribution in [1.82, 2.24) is 9.55 Å². The normalized spacial score (nSPS) is 10.5. The van der Waals surface area contributed by atoms with Crippen molar-refractivity contribution in [3.63, 3.8) is 0 Å². The lowest BCUT2D eigenvalue weighted by atomic mass is 10.3. The van der Waals surface area contributed by atoms with Crippen molar-refractivity contribution in [2.75, 3.05) is 0 Å². The van der Waals surface area contributed by atoms with Crippen LogP contribution < -0.4 is 0 Å². The minimum Gasteiger partial charge on any atom is -0.464 e. The highest BCUT2D eigenvalue weighted by molar-refractivity contribution is 9.10. The second kappa shape index (κ2) is 2.85. The summed E-state index contributed by atoms with van der Waals surface area (Å²) in [6.07, 6.45) is 0.264. The van der Waals surface area contributed by atoms with E-state index >= 15 is 0 Å². The van der Waals surface area contributed by atoms with Gasteiger partial charge in [0.05, 0.1) is 11.0 Å². The molecule has 1 aromatic carbocycles. The predicted octanol–water partition coefficient (Wildman–Crippen LogP) is 2.32. The number of hydrogen-bond acceptors (Lipinski definition) is 2. The number of nitrogens with zero attached hydrogens (tertiary/aromatic N) is 2. The third kappa shape index (κ3) is 1.31. The highest BCUT2D eigenvalue weighted by Gasteiger charge is 2.07. The van der Waals surface area contributed by atoms with Gasteiger partial charge in [-0.1, -0.05) is 15.9 Å². The van der Waals surface area contributed by atoms with Crippen molar-refractivity contribution in [1.29, 1.82) is 0 Å². The molecule has 0 amide bonds. The van der Waals surface area contributed by atoms with E-state index in [4.69, 9.17) is 5.11 Å². The molecule has 0 fully saturated rings. The average molecular weight is 241 g/mol. The van der Waals surface area contributed by atoms with Gasteiger partial charge in [0, 0.05) is 4.47 Å². The van der Waals surface area contributed by atoms with Gasteiger partial charge in [0.2, 0.25) is 0 Å². The van der Waals surface area contributed by atoms with Crippen LogP contribution in [-0.4, -0.2) is 20.8 Å². The van der Waals surface area contributed by atoms with Gasteiger partial charge in [-0.25, -0.2) is 14.3 Å². The number of carbonyl (C=O) groups is 1. The molecular formula is C8H5BrN2O2. The molecule has 2 aromatic rings. The number of imidazole rings is 1. The molecule has 2 rings (SSSR count). The molecule has 0 aliphatic carbocycles. The second-order valence-corrected chi connectivity index (χ2v) is 3.45. The minimum absolute atomic E-state index is 0.585. The third-order valence-corrected chi connectivity index (χ3v) is 2.21. The summed E-state index contributed by atoms with van der Waals surface area (Å²) in [6, 6.07) is 5.30. The Morgan fingerprint density at radius 2 is 2.31 bits per heavy atom. The summed E-state index contributed by atoms with van der Waals surface area (Å²) in [4.78, 5) is 14.6. The van der Waals surface area contributed by atoms with E-state index in [0.717, 1.165) is 9.04 Å². The third-order valence-electron chi connectivity index (χ3n) is 1.72. The van der Waals surface area contributed by atoms with Crippen LogP contribution in [0, 0.1) is 0 Å². The van der Waals surface area contributed by atoms with E-state index in [2.05, 4.69) is 20.9 Å². The fourth-order valence-corrected chi connectivity index (χ4v) is 1.48. The lowest BCUT2D eigenvalue weighted by Crippen LogP contribution is -2.05. The van der Waals surface area contributed by atoms with Crippen molar-refractivity contribution in [3.8, 4) is 0 Å². The predicted molar refractivity (Wildman–Crippen MR) is 50.9 cm³/mol. The van der Waals surface area contributed by atoms with Gasteiger partial charge in [0.25, 0.3) is 0 Å². The number of aromatic nitrogens is 2. The first-order chi connectivity index (χ1) is 6.18. The first-order valence-corrected chi connectivity index (χ1v) is 4.33. The van der Waals surface area contributed by atoms with Crippen molar-refractivity contribution >= 4 is 33.1 Å². The van der Waals surface area contributed by atoms with Crippen molar-refractivity contribution in [3.05, 3.63) is 29.0 Å². The summed E-state index contributed by atoms with van der Waals surface area (Å²) in [5.74, 6) is 0. The van der Waals surface area contributed by atoms with Gasteiger partial charge in [-0.3, -0.25) is 0 Å². The molecule has 0 saturated heterocycles. The second-order valence-electron chi connectivity index (χ2n) is 2.53. The zero-order valence-electron chi connectivity index (χ0n) is 6.44. The average Bonchev–Trinajstić information content (AvgIpc) is 2.46. The van der Waals surface area contributed by atoms with E-state index in [1.54, 1.807) is 12.1 Å². The number of fused-ring (bicyclic) bond motifs is 1. The molecule has 4 nitrogen and oxygen atoms in total. The molecule has 0 unspecified atom stereocenters. The highest BCUT2D eigenvalue weighted by atomic mass is 79.9. The summed E-state index contributed by atoms with van der Waals surface area (Å²) in [6.45, 7) is 0. The highest BCUT2D eigenvalue weighted by Crippen LogP contribution is 2.18. The van der Waals surface area contributed by atoms with Gasteiger partial charge >= 0.3 is 6.09 Å². The van der Waals surface area contributed by atoms with Gasteiger partial charge < -0.3 is 5.11 Å². The van der Waals surface area contributed by atoms with Gasteiger partial charge in [-0.2, -0.15) is 0 Å². The Labute approximate surface area is 81.9 Å². The smallest absolute Gasteiger partial charge is 0.417 e. The molecule has 0 atom stereocenters. The Balaban J connectivity index is 2.79. The summed E-state index contributed by atoms with van der Waals surface area (Å²) in [7, 11) is 0. The summed E-state index contributed by atoms with van der Waals surface area (Å²) in [5, 5.41) is 8.77. The Kier molecular flexibility index (Phi) is 1.81. The molecule has 66 valence electrons. The van der Waals surface area contributed by atoms with Crippen LogP contribution in [0.15, 0.2) is 29.0 Å². The minimum atomic E-state index is -1.03. The fraction of sp³-hybridized carbons (Fsp3) is 0. The maximum absolute atomic E-state index is 10.7. The SMILES string of the molecule is O=C(O)n1cnc2ccc(Br)cc21. The Morgan fingerprint density at radius 1 is 1.54 bits per heavy atom. The molecule has 1 N–H and O–H groups in total. The number of benzene rings is 1. The van der Waals surface area contributed by atoms with Gasteiger partial charge in [-0.15, -0.1) is 0 Å². The van der Waals surface area contributed by atoms with Crippen LogP contribution in [0.3, 0.4) is 0 Å². The topological polar surface area (TPSA) is 55.1 Å². The van der Waals surface area contributed by atoms with Crippen molar-refractivity contribution in [2.24, 2.45) is 0 Å². The number of rotatable bonds is 0. The van der Waals surface area contributed by atoms with Crippen LogP contribution in [-0.2, 0) is 0 Å². The van der Waals surface area contributed by atoms with Gasteiger partial charge in [0.15, 0.2) is 0 Å². The Morgan fingerprint density at radius 3 is 3.00 bits per heavy atom. The Hall–Kier alpha value is -1.36. The monoisotopic (exact) mass is 240 g/mol. The molecule has 1 heterocycles. The largest absolute Gasteiger partial charge is 0.464 e. The first kappa shape index (κ1) is 8.25. The van der Waals surface area contributed by atoms with Crippen LogP contribution in [0.25, 0.3) is 11.0 Å². The zero-order chi connectivity index (χ0) is 9.42. The van der Waals surface area contributed by atoms with Crippen LogP contribution >= 0.6 is 15.9 Å². The van der Waals surface area contributed by atoms with E-state index in [0.29, 0.717) is 11.0 Å². The van der Waals surface area contributed by atoms with E-state index in [1.165, 1.54) is 6.33 Å². The lowest BCUT2D eigenvalue weighted by Gasteiger charge is -1.95. The van der Waals surface area contributed by atoms with Gasteiger partial charge in [0.1, 0.15) is 6.33 Å². The maximum atomic E-state index is 10.7. The maximum Gasteiger partial charge on any atom is 0.417 e. The molecule has 0 aliphatic rings. The van der Waals surface area contributed by atoms with Crippen LogP contribution in [0.5, 0.6) is 0 Å². The standard InChI is InChI=1S/C8H5BrN2O2/c9-5-1-2-6-7(3-5)11(4-10-6)8(12)13/h1-4H,(H,12,13). The van der Waals surface area contributed by atoms with E-state index in [9.17, 15) is 4.79 Å². The molecule has 0 spiro atoms. The molecule has 5 heteroatoms. The first-order valence-electron chi connectivity index (χ1n) is 3.54. The summed E-state index contributed by atoms with van der Waals surface area (Å²) in [5.41, 5.74) is 1.26. The number of carboxylic acid groups (broad SMARTS) is 1.